The average molecular weight is 319 g/mol. The monoisotopic (exact) mass is 318 g/mol. The highest BCUT2D eigenvalue weighted by atomic mass is 79.9. The molecule has 96 valence electrons. The van der Waals surface area contributed by atoms with Crippen LogP contribution < -0.4 is 4.74 Å². The van der Waals surface area contributed by atoms with Crippen LogP contribution in [0.2, 0.25) is 0 Å². The molecule has 0 fully saturated rings. The number of aldehydes is 1. The maximum Gasteiger partial charge on any atom is 0.343 e. The molecule has 0 aromatic heterocycles. The largest absolute Gasteiger partial charge is 0.422 e. The Morgan fingerprint density at radius 3 is 2.47 bits per heavy atom. The van der Waals surface area contributed by atoms with Gasteiger partial charge in [0.25, 0.3) is 0 Å². The van der Waals surface area contributed by atoms with Gasteiger partial charge in [0.15, 0.2) is 6.29 Å². The Morgan fingerprint density at radius 2 is 1.84 bits per heavy atom. The number of halogens is 1. The molecular formula is C15H11BrO3. The van der Waals surface area contributed by atoms with Gasteiger partial charge in [-0.25, -0.2) is 4.79 Å². The molecule has 2 aromatic rings. The number of esters is 1. The Bertz CT molecular complexity index is 618. The molecule has 0 aliphatic rings. The fraction of sp³-hybridized carbons (Fsp3) is 0.0667. The quantitative estimate of drug-likeness (QED) is 0.491. The highest BCUT2D eigenvalue weighted by molar-refractivity contribution is 9.10. The van der Waals surface area contributed by atoms with E-state index in [9.17, 15) is 9.59 Å². The fourth-order valence-corrected chi connectivity index (χ4v) is 1.93. The van der Waals surface area contributed by atoms with Crippen LogP contribution in [0.25, 0.3) is 0 Å². The van der Waals surface area contributed by atoms with Gasteiger partial charge in [-0.05, 0) is 37.3 Å². The lowest BCUT2D eigenvalue weighted by atomic mass is 10.1. The smallest absolute Gasteiger partial charge is 0.343 e. The molecule has 0 N–H and O–H groups in total. The van der Waals surface area contributed by atoms with E-state index in [1.165, 1.54) is 0 Å². The van der Waals surface area contributed by atoms with Crippen LogP contribution in [-0.4, -0.2) is 12.3 Å². The second kappa shape index (κ2) is 5.80. The Balaban J connectivity index is 2.23. The highest BCUT2D eigenvalue weighted by Gasteiger charge is 2.11. The molecule has 3 nitrogen and oxygen atoms in total. The molecule has 0 atom stereocenters. The van der Waals surface area contributed by atoms with Crippen molar-refractivity contribution in [1.29, 1.82) is 0 Å². The minimum atomic E-state index is -0.481. The van der Waals surface area contributed by atoms with Crippen LogP contribution in [0.5, 0.6) is 5.75 Å². The van der Waals surface area contributed by atoms with Gasteiger partial charge in [0, 0.05) is 4.47 Å². The zero-order valence-corrected chi connectivity index (χ0v) is 11.8. The van der Waals surface area contributed by atoms with Crippen molar-refractivity contribution in [3.8, 4) is 5.75 Å². The number of hydrogen-bond acceptors (Lipinski definition) is 3. The van der Waals surface area contributed by atoms with E-state index in [0.29, 0.717) is 17.4 Å². The fourth-order valence-electron chi connectivity index (χ4n) is 1.55. The summed E-state index contributed by atoms with van der Waals surface area (Å²) in [6, 6.07) is 11.9. The van der Waals surface area contributed by atoms with E-state index in [1.54, 1.807) is 30.3 Å². The summed E-state index contributed by atoms with van der Waals surface area (Å²) < 4.78 is 5.98. The van der Waals surface area contributed by atoms with Crippen LogP contribution >= 0.6 is 15.9 Å². The van der Waals surface area contributed by atoms with E-state index in [0.717, 1.165) is 10.0 Å². The molecular weight excluding hydrogens is 308 g/mol. The molecule has 0 saturated heterocycles. The van der Waals surface area contributed by atoms with Crippen LogP contribution in [0, 0.1) is 6.92 Å². The summed E-state index contributed by atoms with van der Waals surface area (Å²) in [6.45, 7) is 1.94. The van der Waals surface area contributed by atoms with E-state index in [1.807, 2.05) is 19.1 Å². The van der Waals surface area contributed by atoms with Crippen molar-refractivity contribution < 1.29 is 14.3 Å². The molecule has 0 bridgehead atoms. The first-order valence-electron chi connectivity index (χ1n) is 5.64. The zero-order valence-electron chi connectivity index (χ0n) is 10.2. The van der Waals surface area contributed by atoms with Gasteiger partial charge >= 0.3 is 5.97 Å². The Labute approximate surface area is 119 Å². The second-order valence-electron chi connectivity index (χ2n) is 4.06. The van der Waals surface area contributed by atoms with Crippen molar-refractivity contribution >= 4 is 28.2 Å². The molecule has 0 saturated carbocycles. The Morgan fingerprint density at radius 1 is 1.16 bits per heavy atom. The lowest BCUT2D eigenvalue weighted by molar-refractivity contribution is 0.0733. The predicted molar refractivity (Wildman–Crippen MR) is 75.7 cm³/mol. The summed E-state index contributed by atoms with van der Waals surface area (Å²) in [5, 5.41) is 0. The van der Waals surface area contributed by atoms with Gasteiger partial charge in [-0.1, -0.05) is 33.6 Å². The number of hydrogen-bond donors (Lipinski definition) is 0. The third kappa shape index (κ3) is 3.29. The number of rotatable bonds is 3. The van der Waals surface area contributed by atoms with Gasteiger partial charge in [0.05, 0.1) is 11.1 Å². The third-order valence-electron chi connectivity index (χ3n) is 2.59. The summed E-state index contributed by atoms with van der Waals surface area (Å²) in [5.41, 5.74) is 1.84. The predicted octanol–water partition coefficient (Wildman–Crippen LogP) is 3.79. The maximum atomic E-state index is 11.9. The SMILES string of the molecule is Cc1ccc(C(=O)Oc2ccc(Br)cc2C=O)cc1. The molecule has 0 aliphatic heterocycles. The van der Waals surface area contributed by atoms with Crippen molar-refractivity contribution in [3.63, 3.8) is 0 Å². The van der Waals surface area contributed by atoms with E-state index < -0.39 is 5.97 Å². The Hall–Kier alpha value is -1.94. The lowest BCUT2D eigenvalue weighted by Gasteiger charge is -2.07. The van der Waals surface area contributed by atoms with Crippen molar-refractivity contribution in [3.05, 3.63) is 63.6 Å². The normalized spacial score (nSPS) is 10.0. The second-order valence-corrected chi connectivity index (χ2v) is 4.97. The molecule has 0 radical (unpaired) electrons. The topological polar surface area (TPSA) is 43.4 Å². The van der Waals surface area contributed by atoms with Crippen LogP contribution in [0.1, 0.15) is 26.3 Å². The summed E-state index contributed by atoms with van der Waals surface area (Å²) in [7, 11) is 0. The minimum Gasteiger partial charge on any atom is -0.422 e. The van der Waals surface area contributed by atoms with E-state index >= 15 is 0 Å². The molecule has 19 heavy (non-hydrogen) atoms. The first-order valence-corrected chi connectivity index (χ1v) is 6.43. The van der Waals surface area contributed by atoms with Crippen molar-refractivity contribution in [2.24, 2.45) is 0 Å². The number of benzene rings is 2. The molecule has 4 heteroatoms. The molecule has 0 heterocycles. The van der Waals surface area contributed by atoms with Crippen molar-refractivity contribution in [1.82, 2.24) is 0 Å². The van der Waals surface area contributed by atoms with Crippen LogP contribution in [-0.2, 0) is 0 Å². The number of carbonyl (C=O) groups is 2. The van der Waals surface area contributed by atoms with E-state index in [4.69, 9.17) is 4.74 Å². The summed E-state index contributed by atoms with van der Waals surface area (Å²) >= 11 is 3.26. The van der Waals surface area contributed by atoms with Crippen LogP contribution in [0.3, 0.4) is 0 Å². The highest BCUT2D eigenvalue weighted by Crippen LogP contribution is 2.22. The summed E-state index contributed by atoms with van der Waals surface area (Å²) in [6.07, 6.45) is 0.655. The standard InChI is InChI=1S/C15H11BrO3/c1-10-2-4-11(5-3-10)15(18)19-14-7-6-13(16)8-12(14)9-17/h2-9H,1H3. The van der Waals surface area contributed by atoms with Gasteiger partial charge in [-0.3, -0.25) is 4.79 Å². The van der Waals surface area contributed by atoms with Gasteiger partial charge in [-0.15, -0.1) is 0 Å². The zero-order chi connectivity index (χ0) is 13.8. The van der Waals surface area contributed by atoms with Crippen LogP contribution in [0.15, 0.2) is 46.9 Å². The maximum absolute atomic E-state index is 11.9. The van der Waals surface area contributed by atoms with Crippen molar-refractivity contribution in [2.75, 3.05) is 0 Å². The van der Waals surface area contributed by atoms with Gasteiger partial charge in [0.2, 0.25) is 0 Å². The number of aryl methyl sites for hydroxylation is 1. The number of ether oxygens (including phenoxy) is 1. The minimum absolute atomic E-state index is 0.253. The lowest BCUT2D eigenvalue weighted by Crippen LogP contribution is -2.09. The molecule has 0 unspecified atom stereocenters. The molecule has 2 aromatic carbocycles. The van der Waals surface area contributed by atoms with Crippen LogP contribution in [0.4, 0.5) is 0 Å². The van der Waals surface area contributed by atoms with E-state index in [-0.39, 0.29) is 5.75 Å². The summed E-state index contributed by atoms with van der Waals surface area (Å²) in [5.74, 6) is -0.228. The van der Waals surface area contributed by atoms with Gasteiger partial charge < -0.3 is 4.74 Å². The van der Waals surface area contributed by atoms with Gasteiger partial charge in [-0.2, -0.15) is 0 Å². The Kier molecular flexibility index (Phi) is 4.12. The number of carbonyl (C=O) groups excluding carboxylic acids is 2. The molecule has 0 spiro atoms. The average Bonchev–Trinajstić information content (AvgIpc) is 2.41. The molecule has 0 aliphatic carbocycles. The molecule has 0 amide bonds. The van der Waals surface area contributed by atoms with E-state index in [2.05, 4.69) is 15.9 Å². The van der Waals surface area contributed by atoms with Gasteiger partial charge in [0.1, 0.15) is 5.75 Å². The first-order chi connectivity index (χ1) is 9.10. The van der Waals surface area contributed by atoms with Crippen molar-refractivity contribution in [2.45, 2.75) is 6.92 Å². The molecule has 2 rings (SSSR count). The first kappa shape index (κ1) is 13.5. The summed E-state index contributed by atoms with van der Waals surface area (Å²) in [4.78, 5) is 22.9. The third-order valence-corrected chi connectivity index (χ3v) is 3.08.